The summed E-state index contributed by atoms with van der Waals surface area (Å²) in [5.41, 5.74) is 1.14. The van der Waals surface area contributed by atoms with Crippen molar-refractivity contribution in [2.24, 2.45) is 5.92 Å². The van der Waals surface area contributed by atoms with E-state index < -0.39 is 28.0 Å². The highest BCUT2D eigenvalue weighted by molar-refractivity contribution is 7.91. The lowest BCUT2D eigenvalue weighted by Gasteiger charge is -2.31. The average molecular weight is 545 g/mol. The third kappa shape index (κ3) is 6.80. The number of benzene rings is 3. The molecule has 6 nitrogen and oxygen atoms in total. The summed E-state index contributed by atoms with van der Waals surface area (Å²) in [6.45, 7) is 0.925. The number of anilines is 2. The van der Waals surface area contributed by atoms with Crippen LogP contribution in [0.1, 0.15) is 35.7 Å². The summed E-state index contributed by atoms with van der Waals surface area (Å²) in [7, 11) is -3.33. The maximum Gasteiger partial charge on any atom is 0.408 e. The Morgan fingerprint density at radius 2 is 1.55 bits per heavy atom. The van der Waals surface area contributed by atoms with Gasteiger partial charge in [-0.3, -0.25) is 14.5 Å². The van der Waals surface area contributed by atoms with E-state index in [1.165, 1.54) is 48.5 Å². The number of halogens is 3. The third-order valence-corrected chi connectivity index (χ3v) is 8.23. The van der Waals surface area contributed by atoms with Gasteiger partial charge in [-0.05, 0) is 79.8 Å². The first-order valence-electron chi connectivity index (χ1n) is 12.1. The Hall–Kier alpha value is -3.66. The van der Waals surface area contributed by atoms with E-state index in [1.54, 1.807) is 30.3 Å². The molecule has 0 spiro atoms. The molecule has 3 aromatic carbocycles. The quantitative estimate of drug-likeness (QED) is 0.378. The van der Waals surface area contributed by atoms with E-state index in [1.807, 2.05) is 0 Å². The van der Waals surface area contributed by atoms with E-state index >= 15 is 0 Å². The molecule has 3 aromatic rings. The van der Waals surface area contributed by atoms with Gasteiger partial charge in [0.05, 0.1) is 17.1 Å². The summed E-state index contributed by atoms with van der Waals surface area (Å²) in [5.74, 6) is -0.810. The van der Waals surface area contributed by atoms with Crippen LogP contribution in [-0.2, 0) is 21.1 Å². The number of rotatable bonds is 9. The van der Waals surface area contributed by atoms with Crippen LogP contribution in [0.5, 0.6) is 0 Å². The molecule has 1 saturated carbocycles. The Labute approximate surface area is 219 Å². The van der Waals surface area contributed by atoms with Gasteiger partial charge in [-0.25, -0.2) is 8.42 Å². The minimum Gasteiger partial charge on any atom is -0.326 e. The van der Waals surface area contributed by atoms with Crippen molar-refractivity contribution in [3.05, 3.63) is 90.0 Å². The zero-order chi connectivity index (χ0) is 27.5. The second-order valence-corrected chi connectivity index (χ2v) is 11.4. The van der Waals surface area contributed by atoms with E-state index in [-0.39, 0.29) is 40.1 Å². The van der Waals surface area contributed by atoms with Crippen LogP contribution in [0.15, 0.2) is 83.8 Å². The van der Waals surface area contributed by atoms with Gasteiger partial charge in [0.25, 0.3) is 5.91 Å². The first kappa shape index (κ1) is 27.4. The normalized spacial score (nSPS) is 14.5. The summed E-state index contributed by atoms with van der Waals surface area (Å²) in [5, 5.41) is 2.68. The third-order valence-electron chi connectivity index (χ3n) is 6.33. The van der Waals surface area contributed by atoms with Crippen molar-refractivity contribution >= 4 is 33.0 Å². The lowest BCUT2D eigenvalue weighted by Crippen LogP contribution is -2.47. The molecule has 1 N–H and O–H groups in total. The van der Waals surface area contributed by atoms with Crippen molar-refractivity contribution in [2.75, 3.05) is 16.0 Å². The lowest BCUT2D eigenvalue weighted by atomic mass is 10.1. The molecule has 0 aliphatic heterocycles. The molecule has 200 valence electrons. The number of nitrogens with zero attached hydrogens (tertiary/aromatic N) is 1. The van der Waals surface area contributed by atoms with Crippen molar-refractivity contribution in [3.8, 4) is 0 Å². The summed E-state index contributed by atoms with van der Waals surface area (Å²) >= 11 is 0. The van der Waals surface area contributed by atoms with Crippen LogP contribution in [0.25, 0.3) is 0 Å². The monoisotopic (exact) mass is 544 g/mol. The Morgan fingerprint density at radius 1 is 0.947 bits per heavy atom. The molecule has 1 atom stereocenters. The van der Waals surface area contributed by atoms with Crippen LogP contribution < -0.4 is 10.2 Å². The Balaban J connectivity index is 1.41. The minimum absolute atomic E-state index is 0.00544. The van der Waals surface area contributed by atoms with Crippen LogP contribution in [-0.4, -0.2) is 38.2 Å². The Kier molecular flexibility index (Phi) is 7.91. The molecule has 1 aliphatic carbocycles. The molecule has 38 heavy (non-hydrogen) atoms. The number of nitrogens with one attached hydrogen (secondary N) is 1. The fraction of sp³-hybridized carbons (Fsp3) is 0.286. The molecule has 0 bridgehead atoms. The van der Waals surface area contributed by atoms with Crippen LogP contribution in [0.2, 0.25) is 0 Å². The van der Waals surface area contributed by atoms with Gasteiger partial charge in [-0.15, -0.1) is 0 Å². The number of alkyl halides is 3. The van der Waals surface area contributed by atoms with E-state index in [0.717, 1.165) is 19.8 Å². The molecule has 2 amide bonds. The molecular formula is C28H27F3N2O4S. The van der Waals surface area contributed by atoms with Crippen molar-refractivity contribution in [2.45, 2.75) is 43.3 Å². The van der Waals surface area contributed by atoms with E-state index in [2.05, 4.69) is 5.32 Å². The zero-order valence-electron chi connectivity index (χ0n) is 20.6. The summed E-state index contributed by atoms with van der Waals surface area (Å²) in [6, 6.07) is 17.4. The summed E-state index contributed by atoms with van der Waals surface area (Å²) in [4.78, 5) is 26.5. The van der Waals surface area contributed by atoms with E-state index in [0.29, 0.717) is 16.2 Å². The zero-order valence-corrected chi connectivity index (χ0v) is 21.4. The fourth-order valence-corrected chi connectivity index (χ4v) is 5.68. The summed E-state index contributed by atoms with van der Waals surface area (Å²) < 4.78 is 65.3. The molecule has 10 heteroatoms. The summed E-state index contributed by atoms with van der Waals surface area (Å²) in [6.07, 6.45) is -2.76. The molecule has 4 rings (SSSR count). The molecule has 1 aliphatic rings. The number of carbonyl (C=O) groups is 2. The molecule has 1 unspecified atom stereocenters. The van der Waals surface area contributed by atoms with E-state index in [9.17, 15) is 31.2 Å². The van der Waals surface area contributed by atoms with Crippen molar-refractivity contribution in [1.29, 1.82) is 0 Å². The van der Waals surface area contributed by atoms with Crippen LogP contribution in [0.3, 0.4) is 0 Å². The minimum atomic E-state index is -4.63. The highest BCUT2D eigenvalue weighted by Crippen LogP contribution is 2.32. The van der Waals surface area contributed by atoms with Crippen molar-refractivity contribution in [1.82, 2.24) is 0 Å². The van der Waals surface area contributed by atoms with Gasteiger partial charge in [0.15, 0.2) is 9.84 Å². The molecule has 0 aromatic heterocycles. The Morgan fingerprint density at radius 3 is 2.11 bits per heavy atom. The largest absolute Gasteiger partial charge is 0.408 e. The number of sulfone groups is 1. The van der Waals surface area contributed by atoms with E-state index in [4.69, 9.17) is 0 Å². The predicted molar refractivity (Wildman–Crippen MR) is 139 cm³/mol. The molecule has 1 fully saturated rings. The predicted octanol–water partition coefficient (Wildman–Crippen LogP) is 5.65. The van der Waals surface area contributed by atoms with Gasteiger partial charge in [0, 0.05) is 16.9 Å². The van der Waals surface area contributed by atoms with Gasteiger partial charge in [-0.2, -0.15) is 13.2 Å². The van der Waals surface area contributed by atoms with Crippen LogP contribution in [0, 0.1) is 5.92 Å². The molecule has 0 radical (unpaired) electrons. The van der Waals surface area contributed by atoms with Gasteiger partial charge in [0.2, 0.25) is 5.91 Å². The van der Waals surface area contributed by atoms with Crippen molar-refractivity contribution < 1.29 is 31.2 Å². The van der Waals surface area contributed by atoms with Gasteiger partial charge in [0.1, 0.15) is 6.04 Å². The van der Waals surface area contributed by atoms with Crippen LogP contribution in [0.4, 0.5) is 24.5 Å². The number of amides is 2. The number of para-hydroxylation sites is 1. The highest BCUT2D eigenvalue weighted by atomic mass is 32.2. The highest BCUT2D eigenvalue weighted by Gasteiger charge is 2.43. The SMILES string of the molecule is CC(N(C(=O)c1ccc(NC(=O)Cc2ccc(S(=O)(=O)CC3CC3)cc2)cc1)c1ccccc1)C(F)(F)F. The number of carbonyl (C=O) groups excluding carboxylic acids is 2. The molecule has 0 heterocycles. The molecule has 0 saturated heterocycles. The standard InChI is InChI=1S/C28H27F3N2O4S/c1-19(28(29,30)31)33(24-5-3-2-4-6-24)27(35)22-11-13-23(14-12-22)32-26(34)17-20-9-15-25(16-10-20)38(36,37)18-21-7-8-21/h2-6,9-16,19,21H,7-8,17-18H2,1H3,(H,32,34). The number of hydrogen-bond donors (Lipinski definition) is 1. The maximum absolute atomic E-state index is 13.5. The smallest absolute Gasteiger partial charge is 0.326 e. The topological polar surface area (TPSA) is 83.6 Å². The second kappa shape index (κ2) is 11.0. The Bertz CT molecular complexity index is 1390. The average Bonchev–Trinajstić information content (AvgIpc) is 3.68. The van der Waals surface area contributed by atoms with Crippen molar-refractivity contribution in [3.63, 3.8) is 0 Å². The first-order valence-corrected chi connectivity index (χ1v) is 13.8. The number of hydrogen-bond acceptors (Lipinski definition) is 4. The van der Waals surface area contributed by atoms with Gasteiger partial charge in [-0.1, -0.05) is 30.3 Å². The lowest BCUT2D eigenvalue weighted by molar-refractivity contribution is -0.143. The fourth-order valence-electron chi connectivity index (χ4n) is 3.98. The van der Waals surface area contributed by atoms with Gasteiger partial charge < -0.3 is 5.32 Å². The second-order valence-electron chi connectivity index (χ2n) is 9.40. The maximum atomic E-state index is 13.5. The van der Waals surface area contributed by atoms with Crippen LogP contribution >= 0.6 is 0 Å². The first-order chi connectivity index (χ1) is 17.9. The molecular weight excluding hydrogens is 517 g/mol. The van der Waals surface area contributed by atoms with Gasteiger partial charge >= 0.3 is 6.18 Å².